The van der Waals surface area contributed by atoms with Crippen LogP contribution in [0.1, 0.15) is 29.5 Å². The van der Waals surface area contributed by atoms with Gasteiger partial charge in [-0.3, -0.25) is 9.89 Å². The molecule has 0 atom stereocenters. The van der Waals surface area contributed by atoms with E-state index in [0.29, 0.717) is 24.6 Å². The van der Waals surface area contributed by atoms with Crippen molar-refractivity contribution in [1.29, 1.82) is 0 Å². The van der Waals surface area contributed by atoms with Crippen LogP contribution in [0.5, 0.6) is 0 Å². The van der Waals surface area contributed by atoms with Gasteiger partial charge in [0.2, 0.25) is 0 Å². The Bertz CT molecular complexity index is 836. The van der Waals surface area contributed by atoms with Crippen molar-refractivity contribution in [3.8, 4) is 0 Å². The summed E-state index contributed by atoms with van der Waals surface area (Å²) in [5, 5.41) is 6.70. The topological polar surface area (TPSA) is 39.7 Å². The Hall–Kier alpha value is -1.74. The van der Waals surface area contributed by atoms with Crippen LogP contribution in [0.3, 0.4) is 0 Å². The van der Waals surface area contributed by atoms with Gasteiger partial charge in [0.15, 0.2) is 5.96 Å². The molecule has 0 aromatic heterocycles. The first-order valence-electron chi connectivity index (χ1n) is 10.2. The molecule has 0 aliphatic carbocycles. The summed E-state index contributed by atoms with van der Waals surface area (Å²) in [4.78, 5) is 6.76. The molecule has 30 heavy (non-hydrogen) atoms. The number of benzene rings is 2. The molecular weight excluding hydrogens is 497 g/mol. The Balaban J connectivity index is 0.00000320. The molecule has 7 heteroatoms. The fraction of sp³-hybridized carbons (Fsp3) is 0.435. The molecule has 0 saturated carbocycles. The van der Waals surface area contributed by atoms with E-state index in [4.69, 9.17) is 0 Å². The molecule has 4 nitrogen and oxygen atoms in total. The summed E-state index contributed by atoms with van der Waals surface area (Å²) in [6.45, 7) is 5.74. The van der Waals surface area contributed by atoms with E-state index in [9.17, 15) is 8.78 Å². The maximum Gasteiger partial charge on any atom is 0.191 e. The molecule has 0 amide bonds. The maximum absolute atomic E-state index is 13.7. The smallest absolute Gasteiger partial charge is 0.191 e. The molecule has 0 radical (unpaired) electrons. The Morgan fingerprint density at radius 2 is 1.90 bits per heavy atom. The van der Waals surface area contributed by atoms with Gasteiger partial charge in [0, 0.05) is 45.3 Å². The van der Waals surface area contributed by atoms with Crippen molar-refractivity contribution in [2.75, 3.05) is 26.7 Å². The Morgan fingerprint density at radius 3 is 2.57 bits per heavy atom. The van der Waals surface area contributed by atoms with E-state index in [2.05, 4.69) is 51.7 Å². The number of hydrogen-bond donors (Lipinski definition) is 2. The van der Waals surface area contributed by atoms with Crippen molar-refractivity contribution in [2.24, 2.45) is 4.99 Å². The van der Waals surface area contributed by atoms with E-state index in [1.807, 2.05) is 0 Å². The van der Waals surface area contributed by atoms with Crippen LogP contribution < -0.4 is 10.6 Å². The van der Waals surface area contributed by atoms with Crippen LogP contribution in [0.25, 0.3) is 0 Å². The second-order valence-corrected chi connectivity index (χ2v) is 7.67. The van der Waals surface area contributed by atoms with Gasteiger partial charge in [-0.05, 0) is 43.4 Å². The number of piperidine rings is 1. The van der Waals surface area contributed by atoms with Crippen molar-refractivity contribution < 1.29 is 8.78 Å². The zero-order chi connectivity index (χ0) is 20.6. The van der Waals surface area contributed by atoms with Gasteiger partial charge in [-0.2, -0.15) is 0 Å². The highest BCUT2D eigenvalue weighted by atomic mass is 127. The highest BCUT2D eigenvalue weighted by molar-refractivity contribution is 14.0. The first kappa shape index (κ1) is 24.5. The number of nitrogens with one attached hydrogen (secondary N) is 2. The molecule has 2 aromatic carbocycles. The van der Waals surface area contributed by atoms with Crippen LogP contribution >= 0.6 is 24.0 Å². The lowest BCUT2D eigenvalue weighted by atomic mass is 10.0. The van der Waals surface area contributed by atoms with Gasteiger partial charge < -0.3 is 10.6 Å². The van der Waals surface area contributed by atoms with Gasteiger partial charge in [-0.25, -0.2) is 8.78 Å². The fourth-order valence-electron chi connectivity index (χ4n) is 3.73. The molecule has 2 aromatic rings. The average Bonchev–Trinajstić information content (AvgIpc) is 2.70. The van der Waals surface area contributed by atoms with Crippen LogP contribution in [-0.2, 0) is 13.0 Å². The second kappa shape index (κ2) is 12.2. The van der Waals surface area contributed by atoms with E-state index in [1.54, 1.807) is 7.05 Å². The average molecular weight is 528 g/mol. The second-order valence-electron chi connectivity index (χ2n) is 7.67. The van der Waals surface area contributed by atoms with Crippen molar-refractivity contribution in [3.05, 3.63) is 70.8 Å². The molecule has 2 N–H and O–H groups in total. The summed E-state index contributed by atoms with van der Waals surface area (Å²) in [7, 11) is 1.74. The molecule has 0 unspecified atom stereocenters. The van der Waals surface area contributed by atoms with E-state index in [-0.39, 0.29) is 24.0 Å². The monoisotopic (exact) mass is 528 g/mol. The van der Waals surface area contributed by atoms with E-state index >= 15 is 0 Å². The third kappa shape index (κ3) is 7.50. The van der Waals surface area contributed by atoms with Crippen molar-refractivity contribution >= 4 is 29.9 Å². The number of hydrogen-bond acceptors (Lipinski definition) is 2. The van der Waals surface area contributed by atoms with Crippen LogP contribution in [0.4, 0.5) is 8.78 Å². The minimum absolute atomic E-state index is 0. The van der Waals surface area contributed by atoms with Gasteiger partial charge in [0.1, 0.15) is 11.6 Å². The lowest BCUT2D eigenvalue weighted by Crippen LogP contribution is -2.48. The largest absolute Gasteiger partial charge is 0.356 e. The normalized spacial score (nSPS) is 15.5. The van der Waals surface area contributed by atoms with Gasteiger partial charge >= 0.3 is 0 Å². The summed E-state index contributed by atoms with van der Waals surface area (Å²) in [5.74, 6) is -0.328. The minimum atomic E-state index is -0.551. The number of rotatable bonds is 6. The molecule has 1 aliphatic heterocycles. The molecule has 3 rings (SSSR count). The van der Waals surface area contributed by atoms with Crippen LogP contribution in [0.15, 0.2) is 47.5 Å². The Labute approximate surface area is 195 Å². The third-order valence-corrected chi connectivity index (χ3v) is 5.34. The van der Waals surface area contributed by atoms with Crippen LogP contribution in [-0.4, -0.2) is 43.6 Å². The molecule has 164 valence electrons. The van der Waals surface area contributed by atoms with Crippen LogP contribution in [0.2, 0.25) is 0 Å². The lowest BCUT2D eigenvalue weighted by molar-refractivity contribution is 0.198. The van der Waals surface area contributed by atoms with E-state index < -0.39 is 11.6 Å². The number of guanidine groups is 1. The number of aliphatic imine (C=N–C) groups is 1. The van der Waals surface area contributed by atoms with Gasteiger partial charge in [-0.15, -0.1) is 24.0 Å². The first-order chi connectivity index (χ1) is 14.0. The molecule has 1 saturated heterocycles. The SMILES string of the molecule is CN=C(NCCc1ccc(F)cc1F)NC1CCN(Cc2cccc(C)c2)CC1.I. The van der Waals surface area contributed by atoms with Gasteiger partial charge in [0.25, 0.3) is 0 Å². The van der Waals surface area contributed by atoms with E-state index in [1.165, 1.54) is 23.3 Å². The van der Waals surface area contributed by atoms with Crippen molar-refractivity contribution in [3.63, 3.8) is 0 Å². The molecular formula is C23H31F2IN4. The lowest BCUT2D eigenvalue weighted by Gasteiger charge is -2.33. The van der Waals surface area contributed by atoms with Crippen molar-refractivity contribution in [2.45, 2.75) is 38.8 Å². The Morgan fingerprint density at radius 1 is 1.13 bits per heavy atom. The van der Waals surface area contributed by atoms with E-state index in [0.717, 1.165) is 44.5 Å². The number of nitrogens with zero attached hydrogens (tertiary/aromatic N) is 2. The quantitative estimate of drug-likeness (QED) is 0.335. The number of aryl methyl sites for hydroxylation is 1. The standard InChI is InChI=1S/C23H30F2N4.HI/c1-17-4-3-5-18(14-17)16-29-12-9-21(10-13-29)28-23(26-2)27-11-8-19-6-7-20(24)15-22(19)25;/h3-7,14-15,21H,8-13,16H2,1-2H3,(H2,26,27,28);1H. The van der Waals surface area contributed by atoms with Crippen LogP contribution in [0, 0.1) is 18.6 Å². The third-order valence-electron chi connectivity index (χ3n) is 5.34. The summed E-state index contributed by atoms with van der Waals surface area (Å²) < 4.78 is 26.7. The molecule has 1 aliphatic rings. The highest BCUT2D eigenvalue weighted by Crippen LogP contribution is 2.15. The highest BCUT2D eigenvalue weighted by Gasteiger charge is 2.20. The predicted molar refractivity (Wildman–Crippen MR) is 129 cm³/mol. The Kier molecular flexibility index (Phi) is 9.97. The summed E-state index contributed by atoms with van der Waals surface area (Å²) in [5.41, 5.74) is 3.16. The zero-order valence-electron chi connectivity index (χ0n) is 17.6. The van der Waals surface area contributed by atoms with Crippen molar-refractivity contribution in [1.82, 2.24) is 15.5 Å². The summed E-state index contributed by atoms with van der Waals surface area (Å²) in [6, 6.07) is 12.8. The summed E-state index contributed by atoms with van der Waals surface area (Å²) >= 11 is 0. The maximum atomic E-state index is 13.7. The van der Waals surface area contributed by atoms with Gasteiger partial charge in [-0.1, -0.05) is 35.9 Å². The number of likely N-dealkylation sites (tertiary alicyclic amines) is 1. The molecule has 1 fully saturated rings. The summed E-state index contributed by atoms with van der Waals surface area (Å²) in [6.07, 6.45) is 2.58. The van der Waals surface area contributed by atoms with Gasteiger partial charge in [0.05, 0.1) is 0 Å². The minimum Gasteiger partial charge on any atom is -0.356 e. The molecule has 0 bridgehead atoms. The molecule has 0 spiro atoms. The predicted octanol–water partition coefficient (Wildman–Crippen LogP) is 4.26. The zero-order valence-corrected chi connectivity index (χ0v) is 20.0. The number of halogens is 3. The fourth-order valence-corrected chi connectivity index (χ4v) is 3.73. The first-order valence-corrected chi connectivity index (χ1v) is 10.2. The molecule has 1 heterocycles.